The lowest BCUT2D eigenvalue weighted by Crippen LogP contribution is -2.10. The van der Waals surface area contributed by atoms with Gasteiger partial charge >= 0.3 is 0 Å². The van der Waals surface area contributed by atoms with Gasteiger partial charge in [0.25, 0.3) is 0 Å². The van der Waals surface area contributed by atoms with Crippen LogP contribution in [0.2, 0.25) is 0 Å². The zero-order chi connectivity index (χ0) is 21.5. The summed E-state index contributed by atoms with van der Waals surface area (Å²) in [4.78, 5) is 0. The first-order valence-electron chi connectivity index (χ1n) is 10.2. The Bertz CT molecular complexity index is 1020. The summed E-state index contributed by atoms with van der Waals surface area (Å²) >= 11 is 0. The van der Waals surface area contributed by atoms with Crippen molar-refractivity contribution in [1.82, 2.24) is 0 Å². The van der Waals surface area contributed by atoms with Gasteiger partial charge in [0.1, 0.15) is 12.4 Å². The third-order valence-electron chi connectivity index (χ3n) is 4.99. The largest absolute Gasteiger partial charge is 0.492 e. The molecule has 0 saturated carbocycles. The van der Waals surface area contributed by atoms with Gasteiger partial charge in [0, 0.05) is 24.0 Å². The Morgan fingerprint density at radius 3 is 2.20 bits per heavy atom. The van der Waals surface area contributed by atoms with Gasteiger partial charge in [-0.2, -0.15) is 0 Å². The van der Waals surface area contributed by atoms with Crippen LogP contribution in [0.5, 0.6) is 5.75 Å². The average Bonchev–Trinajstić information content (AvgIpc) is 2.77. The predicted molar refractivity (Wildman–Crippen MR) is 127 cm³/mol. The van der Waals surface area contributed by atoms with E-state index in [1.165, 1.54) is 17.4 Å². The molecule has 0 bridgehead atoms. The SMILES string of the molecule is CC(C)/C(=C(/c1ccc(OCCN)cc1)c1ccc(N)c(C=N)c1)c1ccccc1. The predicted octanol–water partition coefficient (Wildman–Crippen LogP) is 5.22. The van der Waals surface area contributed by atoms with E-state index in [1.54, 1.807) is 0 Å². The molecule has 4 heteroatoms. The third kappa shape index (κ3) is 4.78. The van der Waals surface area contributed by atoms with Crippen LogP contribution < -0.4 is 16.2 Å². The van der Waals surface area contributed by atoms with Gasteiger partial charge < -0.3 is 21.6 Å². The van der Waals surface area contributed by atoms with Gasteiger partial charge in [-0.1, -0.05) is 62.4 Å². The van der Waals surface area contributed by atoms with Crippen LogP contribution in [0, 0.1) is 11.3 Å². The molecule has 30 heavy (non-hydrogen) atoms. The van der Waals surface area contributed by atoms with E-state index in [2.05, 4.69) is 50.2 Å². The van der Waals surface area contributed by atoms with Crippen LogP contribution in [-0.2, 0) is 0 Å². The van der Waals surface area contributed by atoms with Gasteiger partial charge in [0.15, 0.2) is 0 Å². The molecule has 0 amide bonds. The van der Waals surface area contributed by atoms with Crippen molar-refractivity contribution >= 4 is 23.0 Å². The summed E-state index contributed by atoms with van der Waals surface area (Å²) in [5.74, 6) is 1.09. The molecule has 154 valence electrons. The first kappa shape index (κ1) is 21.3. The lowest BCUT2D eigenvalue weighted by molar-refractivity contribution is 0.328. The zero-order valence-electron chi connectivity index (χ0n) is 17.6. The Kier molecular flexibility index (Phi) is 7.04. The fourth-order valence-electron chi connectivity index (χ4n) is 3.61. The van der Waals surface area contributed by atoms with Crippen LogP contribution in [0.25, 0.3) is 11.1 Å². The molecule has 0 aliphatic carbocycles. The Labute approximate surface area is 178 Å². The number of nitrogens with one attached hydrogen (secondary N) is 1. The molecule has 0 aliphatic rings. The first-order valence-corrected chi connectivity index (χ1v) is 10.2. The number of benzene rings is 3. The number of nitrogens with two attached hydrogens (primary N) is 2. The van der Waals surface area contributed by atoms with E-state index in [0.717, 1.165) is 22.4 Å². The molecule has 0 aliphatic heterocycles. The first-order chi connectivity index (χ1) is 14.5. The summed E-state index contributed by atoms with van der Waals surface area (Å²) in [5, 5.41) is 7.73. The molecule has 0 aromatic heterocycles. The highest BCUT2D eigenvalue weighted by Crippen LogP contribution is 2.38. The molecule has 0 saturated heterocycles. The zero-order valence-corrected chi connectivity index (χ0v) is 17.6. The minimum Gasteiger partial charge on any atom is -0.492 e. The molecule has 3 aromatic carbocycles. The summed E-state index contributed by atoms with van der Waals surface area (Å²) in [6, 6.07) is 24.4. The van der Waals surface area contributed by atoms with Crippen LogP contribution >= 0.6 is 0 Å². The number of allylic oxidation sites excluding steroid dienone is 1. The maximum atomic E-state index is 7.73. The van der Waals surface area contributed by atoms with E-state index in [9.17, 15) is 0 Å². The minimum absolute atomic E-state index is 0.288. The van der Waals surface area contributed by atoms with Crippen LogP contribution in [-0.4, -0.2) is 19.4 Å². The van der Waals surface area contributed by atoms with Crippen molar-refractivity contribution in [3.05, 3.63) is 95.1 Å². The van der Waals surface area contributed by atoms with E-state index < -0.39 is 0 Å². The van der Waals surface area contributed by atoms with E-state index >= 15 is 0 Å². The van der Waals surface area contributed by atoms with Gasteiger partial charge in [0.05, 0.1) is 0 Å². The molecule has 0 fully saturated rings. The van der Waals surface area contributed by atoms with Crippen molar-refractivity contribution < 1.29 is 4.74 Å². The average molecular weight is 400 g/mol. The second kappa shape index (κ2) is 9.90. The Morgan fingerprint density at radius 2 is 1.60 bits per heavy atom. The van der Waals surface area contributed by atoms with Gasteiger partial charge in [-0.3, -0.25) is 0 Å². The summed E-state index contributed by atoms with van der Waals surface area (Å²) in [7, 11) is 0. The number of rotatable bonds is 8. The lowest BCUT2D eigenvalue weighted by Gasteiger charge is -2.21. The monoisotopic (exact) mass is 399 g/mol. The minimum atomic E-state index is 0.288. The molecule has 5 N–H and O–H groups in total. The van der Waals surface area contributed by atoms with Gasteiger partial charge in [-0.05, 0) is 58.0 Å². The molecule has 0 radical (unpaired) electrons. The quantitative estimate of drug-likeness (QED) is 0.276. The molecule has 0 unspecified atom stereocenters. The maximum absolute atomic E-state index is 7.73. The van der Waals surface area contributed by atoms with E-state index in [-0.39, 0.29) is 5.92 Å². The summed E-state index contributed by atoms with van der Waals surface area (Å²) in [6.07, 6.45) is 1.30. The van der Waals surface area contributed by atoms with Crippen LogP contribution in [0.3, 0.4) is 0 Å². The number of hydrogen-bond acceptors (Lipinski definition) is 4. The summed E-state index contributed by atoms with van der Waals surface area (Å²) in [6.45, 7) is 5.38. The molecule has 0 spiro atoms. The molecule has 4 nitrogen and oxygen atoms in total. The fourth-order valence-corrected chi connectivity index (χ4v) is 3.61. The summed E-state index contributed by atoms with van der Waals surface area (Å²) < 4.78 is 5.65. The highest BCUT2D eigenvalue weighted by Gasteiger charge is 2.17. The third-order valence-corrected chi connectivity index (χ3v) is 4.99. The van der Waals surface area contributed by atoms with E-state index in [1.807, 2.05) is 36.4 Å². The van der Waals surface area contributed by atoms with Crippen molar-refractivity contribution in [2.24, 2.45) is 11.7 Å². The van der Waals surface area contributed by atoms with Crippen LogP contribution in [0.1, 0.15) is 36.1 Å². The molecular formula is C26H29N3O. The van der Waals surface area contributed by atoms with Crippen LogP contribution in [0.15, 0.2) is 72.8 Å². The highest BCUT2D eigenvalue weighted by molar-refractivity contribution is 6.00. The maximum Gasteiger partial charge on any atom is 0.119 e. The topological polar surface area (TPSA) is 85.1 Å². The number of ether oxygens (including phenoxy) is 1. The smallest absolute Gasteiger partial charge is 0.119 e. The number of nitrogen functional groups attached to an aromatic ring is 1. The highest BCUT2D eigenvalue weighted by atomic mass is 16.5. The van der Waals surface area contributed by atoms with Gasteiger partial charge in [-0.25, -0.2) is 0 Å². The van der Waals surface area contributed by atoms with Gasteiger partial charge in [0.2, 0.25) is 0 Å². The fraction of sp³-hybridized carbons (Fsp3) is 0.192. The van der Waals surface area contributed by atoms with Crippen molar-refractivity contribution in [2.45, 2.75) is 13.8 Å². The second-order valence-corrected chi connectivity index (χ2v) is 7.46. The second-order valence-electron chi connectivity index (χ2n) is 7.46. The van der Waals surface area contributed by atoms with Crippen molar-refractivity contribution in [2.75, 3.05) is 18.9 Å². The lowest BCUT2D eigenvalue weighted by atomic mass is 9.83. The molecule has 3 rings (SSSR count). The van der Waals surface area contributed by atoms with E-state index in [0.29, 0.717) is 24.4 Å². The molecule has 0 heterocycles. The van der Waals surface area contributed by atoms with E-state index in [4.69, 9.17) is 21.6 Å². The van der Waals surface area contributed by atoms with Crippen LogP contribution in [0.4, 0.5) is 5.69 Å². The molecular weight excluding hydrogens is 370 g/mol. The Balaban J connectivity index is 2.24. The Hall–Kier alpha value is -3.37. The standard InChI is InChI=1S/C26H29N3O/c1-18(2)25(19-6-4-3-5-7-19)26(21-10-13-24(29)22(16-21)17-28)20-8-11-23(12-9-20)30-15-14-27/h3-13,16-18,28H,14-15,27,29H2,1-2H3/b26-25+,28-17?. The number of anilines is 1. The van der Waals surface area contributed by atoms with Gasteiger partial charge in [-0.15, -0.1) is 0 Å². The van der Waals surface area contributed by atoms with Crippen molar-refractivity contribution in [3.63, 3.8) is 0 Å². The van der Waals surface area contributed by atoms with Crippen molar-refractivity contribution in [1.29, 1.82) is 5.41 Å². The Morgan fingerprint density at radius 1 is 0.933 bits per heavy atom. The van der Waals surface area contributed by atoms with Crippen molar-refractivity contribution in [3.8, 4) is 5.75 Å². The summed E-state index contributed by atoms with van der Waals surface area (Å²) in [5.41, 5.74) is 18.6. The molecule has 3 aromatic rings. The molecule has 0 atom stereocenters. The normalized spacial score (nSPS) is 11.9. The number of hydrogen-bond donors (Lipinski definition) is 3.